The third-order valence-corrected chi connectivity index (χ3v) is 3.06. The SMILES string of the molecule is CNCC(CNCc1ccc(F)cc1)C(C)C. The van der Waals surface area contributed by atoms with E-state index in [9.17, 15) is 4.39 Å². The van der Waals surface area contributed by atoms with Crippen molar-refractivity contribution in [2.24, 2.45) is 11.8 Å². The molecule has 1 rings (SSSR count). The third-order valence-electron chi connectivity index (χ3n) is 3.06. The molecular weight excluding hydrogens is 215 g/mol. The standard InChI is InChI=1S/C14H23FN2/c1-11(2)13(9-16-3)10-17-8-12-4-6-14(15)7-5-12/h4-7,11,13,16-17H,8-10H2,1-3H3. The zero-order chi connectivity index (χ0) is 12.7. The van der Waals surface area contributed by atoms with E-state index >= 15 is 0 Å². The van der Waals surface area contributed by atoms with Gasteiger partial charge < -0.3 is 10.6 Å². The number of halogens is 1. The van der Waals surface area contributed by atoms with E-state index in [-0.39, 0.29) is 5.82 Å². The molecule has 0 aliphatic rings. The molecule has 0 bridgehead atoms. The Morgan fingerprint density at radius 1 is 1.12 bits per heavy atom. The quantitative estimate of drug-likeness (QED) is 0.762. The van der Waals surface area contributed by atoms with Gasteiger partial charge >= 0.3 is 0 Å². The molecule has 0 spiro atoms. The van der Waals surface area contributed by atoms with Crippen LogP contribution in [0.5, 0.6) is 0 Å². The van der Waals surface area contributed by atoms with E-state index < -0.39 is 0 Å². The second-order valence-electron chi connectivity index (χ2n) is 4.82. The van der Waals surface area contributed by atoms with Gasteiger partial charge in [0.25, 0.3) is 0 Å². The second-order valence-corrected chi connectivity index (χ2v) is 4.82. The van der Waals surface area contributed by atoms with Gasteiger partial charge in [0.15, 0.2) is 0 Å². The predicted molar refractivity (Wildman–Crippen MR) is 70.4 cm³/mol. The summed E-state index contributed by atoms with van der Waals surface area (Å²) in [6.45, 7) is 7.28. The highest BCUT2D eigenvalue weighted by Gasteiger charge is 2.11. The molecule has 96 valence electrons. The molecule has 0 heterocycles. The summed E-state index contributed by atoms with van der Waals surface area (Å²) in [5.74, 6) is 1.10. The average molecular weight is 238 g/mol. The Balaban J connectivity index is 2.33. The van der Waals surface area contributed by atoms with Crippen LogP contribution < -0.4 is 10.6 Å². The molecule has 0 amide bonds. The van der Waals surface area contributed by atoms with Crippen molar-refractivity contribution in [3.63, 3.8) is 0 Å². The van der Waals surface area contributed by atoms with Crippen molar-refractivity contribution in [2.75, 3.05) is 20.1 Å². The van der Waals surface area contributed by atoms with Gasteiger partial charge in [-0.25, -0.2) is 4.39 Å². The molecule has 0 fully saturated rings. The molecule has 1 atom stereocenters. The first-order valence-electron chi connectivity index (χ1n) is 6.23. The largest absolute Gasteiger partial charge is 0.319 e. The molecule has 1 aromatic rings. The molecule has 1 aromatic carbocycles. The molecule has 17 heavy (non-hydrogen) atoms. The van der Waals surface area contributed by atoms with Gasteiger partial charge in [0, 0.05) is 6.54 Å². The monoisotopic (exact) mass is 238 g/mol. The zero-order valence-corrected chi connectivity index (χ0v) is 11.0. The Morgan fingerprint density at radius 3 is 2.29 bits per heavy atom. The molecule has 0 aliphatic heterocycles. The summed E-state index contributed by atoms with van der Waals surface area (Å²) in [5, 5.41) is 6.64. The van der Waals surface area contributed by atoms with Crippen LogP contribution in [0.15, 0.2) is 24.3 Å². The van der Waals surface area contributed by atoms with Gasteiger partial charge in [-0.2, -0.15) is 0 Å². The van der Waals surface area contributed by atoms with E-state index in [1.165, 1.54) is 12.1 Å². The van der Waals surface area contributed by atoms with Gasteiger partial charge in [-0.05, 0) is 49.7 Å². The lowest BCUT2D eigenvalue weighted by Gasteiger charge is -2.21. The van der Waals surface area contributed by atoms with Gasteiger partial charge in [0.1, 0.15) is 5.82 Å². The first kappa shape index (κ1) is 14.1. The molecule has 0 radical (unpaired) electrons. The summed E-state index contributed by atoms with van der Waals surface area (Å²) in [4.78, 5) is 0. The fraction of sp³-hybridized carbons (Fsp3) is 0.571. The van der Waals surface area contributed by atoms with Crippen LogP contribution in [0.2, 0.25) is 0 Å². The van der Waals surface area contributed by atoms with Crippen LogP contribution in [0.25, 0.3) is 0 Å². The van der Waals surface area contributed by atoms with Crippen LogP contribution in [-0.4, -0.2) is 20.1 Å². The summed E-state index contributed by atoms with van der Waals surface area (Å²) < 4.78 is 12.7. The third kappa shape index (κ3) is 5.29. The van der Waals surface area contributed by atoms with Crippen LogP contribution in [0.3, 0.4) is 0 Å². The van der Waals surface area contributed by atoms with Crippen molar-refractivity contribution < 1.29 is 4.39 Å². The van der Waals surface area contributed by atoms with E-state index in [0.717, 1.165) is 25.2 Å². The fourth-order valence-corrected chi connectivity index (χ4v) is 1.81. The van der Waals surface area contributed by atoms with E-state index in [1.807, 2.05) is 19.2 Å². The lowest BCUT2D eigenvalue weighted by Crippen LogP contribution is -2.32. The molecule has 0 aliphatic carbocycles. The van der Waals surface area contributed by atoms with Crippen molar-refractivity contribution in [1.82, 2.24) is 10.6 Å². The van der Waals surface area contributed by atoms with Gasteiger partial charge in [-0.15, -0.1) is 0 Å². The summed E-state index contributed by atoms with van der Waals surface area (Å²) in [5.41, 5.74) is 1.12. The lowest BCUT2D eigenvalue weighted by molar-refractivity contribution is 0.352. The minimum Gasteiger partial charge on any atom is -0.319 e. The smallest absolute Gasteiger partial charge is 0.123 e. The van der Waals surface area contributed by atoms with Crippen molar-refractivity contribution in [3.05, 3.63) is 35.6 Å². The van der Waals surface area contributed by atoms with Crippen LogP contribution in [0.4, 0.5) is 4.39 Å². The topological polar surface area (TPSA) is 24.1 Å². The van der Waals surface area contributed by atoms with E-state index in [0.29, 0.717) is 11.8 Å². The number of benzene rings is 1. The molecule has 2 nitrogen and oxygen atoms in total. The summed E-state index contributed by atoms with van der Waals surface area (Å²) in [6.07, 6.45) is 0. The van der Waals surface area contributed by atoms with Gasteiger partial charge in [0.05, 0.1) is 0 Å². The number of hydrogen-bond acceptors (Lipinski definition) is 2. The maximum atomic E-state index is 12.7. The van der Waals surface area contributed by atoms with E-state index in [2.05, 4.69) is 24.5 Å². The van der Waals surface area contributed by atoms with Crippen LogP contribution in [0.1, 0.15) is 19.4 Å². The maximum absolute atomic E-state index is 12.7. The Hall–Kier alpha value is -0.930. The molecular formula is C14H23FN2. The first-order valence-corrected chi connectivity index (χ1v) is 6.23. The molecule has 3 heteroatoms. The van der Waals surface area contributed by atoms with Crippen LogP contribution in [-0.2, 0) is 6.54 Å². The summed E-state index contributed by atoms with van der Waals surface area (Å²) in [7, 11) is 1.98. The number of rotatable bonds is 7. The Bertz CT molecular complexity index is 309. The van der Waals surface area contributed by atoms with Crippen LogP contribution >= 0.6 is 0 Å². The van der Waals surface area contributed by atoms with Crippen molar-refractivity contribution in [1.29, 1.82) is 0 Å². The molecule has 0 saturated carbocycles. The zero-order valence-electron chi connectivity index (χ0n) is 11.0. The van der Waals surface area contributed by atoms with Gasteiger partial charge in [-0.1, -0.05) is 26.0 Å². The predicted octanol–water partition coefficient (Wildman–Crippen LogP) is 2.41. The van der Waals surface area contributed by atoms with Gasteiger partial charge in [-0.3, -0.25) is 0 Å². The van der Waals surface area contributed by atoms with E-state index in [4.69, 9.17) is 0 Å². The summed E-state index contributed by atoms with van der Waals surface area (Å²) in [6, 6.07) is 6.66. The highest BCUT2D eigenvalue weighted by atomic mass is 19.1. The molecule has 0 saturated heterocycles. The van der Waals surface area contributed by atoms with Crippen molar-refractivity contribution >= 4 is 0 Å². The maximum Gasteiger partial charge on any atom is 0.123 e. The highest BCUT2D eigenvalue weighted by molar-refractivity contribution is 5.15. The Kier molecular flexibility index (Phi) is 6.16. The summed E-state index contributed by atoms with van der Waals surface area (Å²) >= 11 is 0. The normalized spacial score (nSPS) is 13.0. The molecule has 0 aromatic heterocycles. The number of nitrogens with one attached hydrogen (secondary N) is 2. The molecule has 2 N–H and O–H groups in total. The average Bonchev–Trinajstić information content (AvgIpc) is 2.30. The highest BCUT2D eigenvalue weighted by Crippen LogP contribution is 2.09. The first-order chi connectivity index (χ1) is 8.13. The fourth-order valence-electron chi connectivity index (χ4n) is 1.81. The Morgan fingerprint density at radius 2 is 1.76 bits per heavy atom. The van der Waals surface area contributed by atoms with Crippen molar-refractivity contribution in [3.8, 4) is 0 Å². The lowest BCUT2D eigenvalue weighted by atomic mass is 9.96. The minimum absolute atomic E-state index is 0.177. The van der Waals surface area contributed by atoms with E-state index in [1.54, 1.807) is 0 Å². The van der Waals surface area contributed by atoms with Gasteiger partial charge in [0.2, 0.25) is 0 Å². The Labute approximate surface area is 104 Å². The van der Waals surface area contributed by atoms with Crippen molar-refractivity contribution in [2.45, 2.75) is 20.4 Å². The van der Waals surface area contributed by atoms with Crippen LogP contribution in [0, 0.1) is 17.7 Å². The second kappa shape index (κ2) is 7.41. The minimum atomic E-state index is -0.177. The number of hydrogen-bond donors (Lipinski definition) is 2. The molecule has 1 unspecified atom stereocenters.